The van der Waals surface area contributed by atoms with Gasteiger partial charge in [0, 0.05) is 24.9 Å². The molecule has 0 radical (unpaired) electrons. The van der Waals surface area contributed by atoms with Crippen LogP contribution in [-0.2, 0) is 16.0 Å². The van der Waals surface area contributed by atoms with Gasteiger partial charge in [0.05, 0.1) is 13.2 Å². The van der Waals surface area contributed by atoms with Crippen molar-refractivity contribution in [2.75, 3.05) is 32.2 Å². The Kier molecular flexibility index (Phi) is 3.95. The van der Waals surface area contributed by atoms with Crippen molar-refractivity contribution >= 4 is 11.6 Å². The number of carbonyl (C=O) groups is 1. The van der Waals surface area contributed by atoms with Gasteiger partial charge < -0.3 is 10.1 Å². The third-order valence-electron chi connectivity index (χ3n) is 2.63. The summed E-state index contributed by atoms with van der Waals surface area (Å²) in [5.41, 5.74) is 5.29. The first-order valence-corrected chi connectivity index (χ1v) is 5.59. The van der Waals surface area contributed by atoms with Crippen LogP contribution in [0.1, 0.15) is 15.9 Å². The van der Waals surface area contributed by atoms with Crippen LogP contribution in [0.2, 0.25) is 0 Å². The molecule has 0 fully saturated rings. The molecular weight excluding hydrogens is 220 g/mol. The number of methoxy groups -OCH3 is 1. The molecule has 2 N–H and O–H groups in total. The molecule has 0 aromatic heterocycles. The largest absolute Gasteiger partial charge is 0.384 e. The van der Waals surface area contributed by atoms with Crippen molar-refractivity contribution in [1.82, 2.24) is 5.48 Å². The Morgan fingerprint density at radius 1 is 1.47 bits per heavy atom. The Bertz CT molecular complexity index is 407. The number of fused-ring (bicyclic) bond motifs is 1. The van der Waals surface area contributed by atoms with Gasteiger partial charge in [-0.1, -0.05) is 0 Å². The third-order valence-corrected chi connectivity index (χ3v) is 2.63. The van der Waals surface area contributed by atoms with Gasteiger partial charge in [-0.3, -0.25) is 9.63 Å². The summed E-state index contributed by atoms with van der Waals surface area (Å²) in [6, 6.07) is 5.60. The minimum atomic E-state index is -0.226. The highest BCUT2D eigenvalue weighted by molar-refractivity contribution is 5.94. The number of hydrogen-bond acceptors (Lipinski definition) is 4. The highest BCUT2D eigenvalue weighted by atomic mass is 16.7. The molecule has 0 unspecified atom stereocenters. The maximum Gasteiger partial charge on any atom is 0.274 e. The fraction of sp³-hybridized carbons (Fsp3) is 0.417. The minimum Gasteiger partial charge on any atom is -0.384 e. The van der Waals surface area contributed by atoms with E-state index in [4.69, 9.17) is 9.57 Å². The van der Waals surface area contributed by atoms with Gasteiger partial charge in [-0.15, -0.1) is 0 Å². The van der Waals surface area contributed by atoms with Gasteiger partial charge in [0.15, 0.2) is 0 Å². The molecule has 0 spiro atoms. The number of hydroxylamine groups is 1. The smallest absolute Gasteiger partial charge is 0.274 e. The van der Waals surface area contributed by atoms with Crippen LogP contribution < -0.4 is 10.8 Å². The molecule has 92 valence electrons. The van der Waals surface area contributed by atoms with Crippen molar-refractivity contribution < 1.29 is 14.4 Å². The predicted molar refractivity (Wildman–Crippen MR) is 63.9 cm³/mol. The van der Waals surface area contributed by atoms with E-state index in [0.717, 1.165) is 18.7 Å². The van der Waals surface area contributed by atoms with Gasteiger partial charge >= 0.3 is 0 Å². The quantitative estimate of drug-likeness (QED) is 0.590. The second-order valence-corrected chi connectivity index (χ2v) is 3.82. The Morgan fingerprint density at radius 2 is 2.35 bits per heavy atom. The van der Waals surface area contributed by atoms with Crippen molar-refractivity contribution in [3.63, 3.8) is 0 Å². The van der Waals surface area contributed by atoms with Crippen molar-refractivity contribution in [2.24, 2.45) is 0 Å². The average molecular weight is 236 g/mol. The number of amides is 1. The van der Waals surface area contributed by atoms with E-state index < -0.39 is 0 Å². The Morgan fingerprint density at radius 3 is 3.18 bits per heavy atom. The van der Waals surface area contributed by atoms with Gasteiger partial charge in [0.2, 0.25) is 0 Å². The first-order valence-electron chi connectivity index (χ1n) is 5.59. The summed E-state index contributed by atoms with van der Waals surface area (Å²) in [6.07, 6.45) is 0.959. The zero-order valence-electron chi connectivity index (χ0n) is 9.79. The first-order chi connectivity index (χ1) is 8.31. The lowest BCUT2D eigenvalue weighted by atomic mass is 10.1. The number of rotatable bonds is 5. The average Bonchev–Trinajstić information content (AvgIpc) is 2.81. The monoisotopic (exact) mass is 236 g/mol. The lowest BCUT2D eigenvalue weighted by Gasteiger charge is -2.06. The molecule has 0 aliphatic carbocycles. The van der Waals surface area contributed by atoms with Crippen LogP contribution in [0.5, 0.6) is 0 Å². The summed E-state index contributed by atoms with van der Waals surface area (Å²) in [7, 11) is 1.58. The number of carbonyl (C=O) groups excluding carboxylic acids is 1. The Balaban J connectivity index is 1.91. The molecule has 1 aliphatic heterocycles. The molecule has 17 heavy (non-hydrogen) atoms. The number of anilines is 1. The standard InChI is InChI=1S/C12H16N2O3/c1-16-6-7-17-14-12(15)10-2-3-11-9(8-10)4-5-13-11/h2-3,8,13H,4-7H2,1H3,(H,14,15). The fourth-order valence-corrected chi connectivity index (χ4v) is 1.75. The topological polar surface area (TPSA) is 59.6 Å². The van der Waals surface area contributed by atoms with Crippen LogP contribution in [0.25, 0.3) is 0 Å². The summed E-state index contributed by atoms with van der Waals surface area (Å²) in [6.45, 7) is 1.73. The molecule has 5 heteroatoms. The highest BCUT2D eigenvalue weighted by Crippen LogP contribution is 2.22. The van der Waals surface area contributed by atoms with E-state index in [2.05, 4.69) is 10.8 Å². The second kappa shape index (κ2) is 5.65. The van der Waals surface area contributed by atoms with Gasteiger partial charge in [0.25, 0.3) is 5.91 Å². The summed E-state index contributed by atoms with van der Waals surface area (Å²) in [5.74, 6) is -0.226. The lowest BCUT2D eigenvalue weighted by Crippen LogP contribution is -2.25. The zero-order valence-corrected chi connectivity index (χ0v) is 9.79. The van der Waals surface area contributed by atoms with Crippen molar-refractivity contribution in [2.45, 2.75) is 6.42 Å². The van der Waals surface area contributed by atoms with E-state index in [1.807, 2.05) is 12.1 Å². The molecule has 5 nitrogen and oxygen atoms in total. The maximum atomic E-state index is 11.7. The van der Waals surface area contributed by atoms with Gasteiger partial charge in [-0.05, 0) is 30.2 Å². The normalized spacial score (nSPS) is 13.0. The van der Waals surface area contributed by atoms with E-state index in [9.17, 15) is 4.79 Å². The lowest BCUT2D eigenvalue weighted by molar-refractivity contribution is 0.00888. The van der Waals surface area contributed by atoms with E-state index in [0.29, 0.717) is 18.8 Å². The van der Waals surface area contributed by atoms with E-state index >= 15 is 0 Å². The zero-order chi connectivity index (χ0) is 12.1. The summed E-state index contributed by atoms with van der Waals surface area (Å²) in [4.78, 5) is 16.7. The summed E-state index contributed by atoms with van der Waals surface area (Å²) < 4.78 is 4.81. The molecule has 0 bridgehead atoms. The van der Waals surface area contributed by atoms with Crippen molar-refractivity contribution in [3.05, 3.63) is 29.3 Å². The third kappa shape index (κ3) is 2.95. The van der Waals surface area contributed by atoms with Gasteiger partial charge in [-0.25, -0.2) is 5.48 Å². The summed E-state index contributed by atoms with van der Waals surface area (Å²) >= 11 is 0. The number of nitrogens with one attached hydrogen (secondary N) is 2. The molecule has 0 saturated carbocycles. The fourth-order valence-electron chi connectivity index (χ4n) is 1.75. The minimum absolute atomic E-state index is 0.226. The summed E-state index contributed by atoms with van der Waals surface area (Å²) in [5, 5.41) is 3.25. The van der Waals surface area contributed by atoms with Crippen molar-refractivity contribution in [3.8, 4) is 0 Å². The van der Waals surface area contributed by atoms with Crippen LogP contribution in [0.15, 0.2) is 18.2 Å². The molecule has 0 saturated heterocycles. The maximum absolute atomic E-state index is 11.7. The molecule has 1 aromatic rings. The van der Waals surface area contributed by atoms with Gasteiger partial charge in [-0.2, -0.15) is 0 Å². The van der Waals surface area contributed by atoms with Crippen LogP contribution in [0.4, 0.5) is 5.69 Å². The molecular formula is C12H16N2O3. The second-order valence-electron chi connectivity index (χ2n) is 3.82. The Hall–Kier alpha value is -1.59. The molecule has 0 atom stereocenters. The number of hydrogen-bond donors (Lipinski definition) is 2. The molecule has 1 heterocycles. The number of benzene rings is 1. The molecule has 1 aromatic carbocycles. The van der Waals surface area contributed by atoms with Gasteiger partial charge in [0.1, 0.15) is 0 Å². The van der Waals surface area contributed by atoms with Crippen LogP contribution in [-0.4, -0.2) is 32.8 Å². The van der Waals surface area contributed by atoms with E-state index in [1.165, 1.54) is 5.56 Å². The first kappa shape index (κ1) is 11.9. The van der Waals surface area contributed by atoms with E-state index in [1.54, 1.807) is 13.2 Å². The molecule has 2 rings (SSSR count). The Labute approximate surface area is 100 Å². The predicted octanol–water partition coefficient (Wildman–Crippen LogP) is 0.962. The van der Waals surface area contributed by atoms with Crippen LogP contribution in [0, 0.1) is 0 Å². The van der Waals surface area contributed by atoms with Crippen LogP contribution in [0.3, 0.4) is 0 Å². The molecule has 1 aliphatic rings. The van der Waals surface area contributed by atoms with Crippen molar-refractivity contribution in [1.29, 1.82) is 0 Å². The highest BCUT2D eigenvalue weighted by Gasteiger charge is 2.13. The number of ether oxygens (including phenoxy) is 1. The molecule has 1 amide bonds. The van der Waals surface area contributed by atoms with Crippen LogP contribution >= 0.6 is 0 Å². The SMILES string of the molecule is COCCONC(=O)c1ccc2c(c1)CCN2. The van der Waals surface area contributed by atoms with E-state index in [-0.39, 0.29) is 5.91 Å².